The minimum absolute atomic E-state index is 0. The second-order valence-electron chi connectivity index (χ2n) is 5.81. The van der Waals surface area contributed by atoms with Gasteiger partial charge in [0.25, 0.3) is 0 Å². The van der Waals surface area contributed by atoms with Crippen molar-refractivity contribution in [3.05, 3.63) is 0 Å². The Balaban J connectivity index is 0.00000180. The highest BCUT2D eigenvalue weighted by Gasteiger charge is 2.26. The number of hydrogen-bond donors (Lipinski definition) is 1. The number of piperidine rings is 1. The Bertz CT molecular complexity index is 285. The van der Waals surface area contributed by atoms with E-state index in [4.69, 9.17) is 0 Å². The van der Waals surface area contributed by atoms with Crippen molar-refractivity contribution in [1.82, 2.24) is 10.2 Å². The van der Waals surface area contributed by atoms with Crippen molar-refractivity contribution in [3.63, 3.8) is 0 Å². The molecule has 3 atom stereocenters. The Morgan fingerprint density at radius 3 is 2.95 bits per heavy atom. The van der Waals surface area contributed by atoms with E-state index in [2.05, 4.69) is 24.1 Å². The molecule has 19 heavy (non-hydrogen) atoms. The Morgan fingerprint density at radius 2 is 2.32 bits per heavy atom. The van der Waals surface area contributed by atoms with E-state index in [0.717, 1.165) is 38.4 Å². The van der Waals surface area contributed by atoms with Crippen LogP contribution in [0.4, 0.5) is 0 Å². The molecule has 0 spiro atoms. The summed E-state index contributed by atoms with van der Waals surface area (Å²) in [6.07, 6.45) is 3.29. The summed E-state index contributed by atoms with van der Waals surface area (Å²) in [7, 11) is 0. The molecule has 2 fully saturated rings. The van der Waals surface area contributed by atoms with E-state index < -0.39 is 0 Å². The number of halogens is 1. The maximum absolute atomic E-state index is 12.3. The maximum Gasteiger partial charge on any atom is 0.222 e. The van der Waals surface area contributed by atoms with Crippen LogP contribution in [0.1, 0.15) is 33.1 Å². The Morgan fingerprint density at radius 1 is 1.53 bits per heavy atom. The molecule has 0 aromatic carbocycles. The van der Waals surface area contributed by atoms with Gasteiger partial charge in [0.05, 0.1) is 0 Å². The molecule has 0 aliphatic carbocycles. The van der Waals surface area contributed by atoms with Crippen molar-refractivity contribution in [1.29, 1.82) is 0 Å². The predicted octanol–water partition coefficient (Wildman–Crippen LogP) is 2.40. The second-order valence-corrected chi connectivity index (χ2v) is 7.36. The molecular formula is C14H27ClN2OS. The average Bonchev–Trinajstić information content (AvgIpc) is 2.39. The lowest BCUT2D eigenvalue weighted by atomic mass is 9.85. The van der Waals surface area contributed by atoms with E-state index in [0.29, 0.717) is 23.0 Å². The fourth-order valence-electron chi connectivity index (χ4n) is 2.98. The molecule has 0 saturated carbocycles. The van der Waals surface area contributed by atoms with Crippen LogP contribution in [0.25, 0.3) is 0 Å². The zero-order valence-corrected chi connectivity index (χ0v) is 13.7. The van der Waals surface area contributed by atoms with E-state index in [1.54, 1.807) is 0 Å². The fraction of sp³-hybridized carbons (Fsp3) is 0.929. The van der Waals surface area contributed by atoms with Gasteiger partial charge in [0.15, 0.2) is 0 Å². The summed E-state index contributed by atoms with van der Waals surface area (Å²) in [6.45, 7) is 8.61. The first-order chi connectivity index (χ1) is 8.66. The molecule has 2 aliphatic heterocycles. The number of nitrogens with one attached hydrogen (secondary N) is 1. The molecule has 2 saturated heterocycles. The van der Waals surface area contributed by atoms with E-state index >= 15 is 0 Å². The maximum atomic E-state index is 12.3. The minimum atomic E-state index is 0. The lowest BCUT2D eigenvalue weighted by molar-refractivity contribution is -0.132. The first-order valence-corrected chi connectivity index (χ1v) is 8.32. The molecule has 0 radical (unpaired) electrons. The summed E-state index contributed by atoms with van der Waals surface area (Å²) in [5, 5.41) is 4.05. The molecular weight excluding hydrogens is 280 g/mol. The summed E-state index contributed by atoms with van der Waals surface area (Å²) >= 11 is 1.98. The Labute approximate surface area is 127 Å². The Hall–Kier alpha value is 0.0700. The number of carbonyl (C=O) groups is 1. The van der Waals surface area contributed by atoms with Gasteiger partial charge in [-0.3, -0.25) is 4.79 Å². The number of rotatable bonds is 3. The number of hydrogen-bond acceptors (Lipinski definition) is 3. The van der Waals surface area contributed by atoms with Crippen molar-refractivity contribution < 1.29 is 4.79 Å². The summed E-state index contributed by atoms with van der Waals surface area (Å²) in [6, 6.07) is 0. The SMILES string of the molecule is CC1CN(C(=O)CC(C)C2CCCNC2)CCS1.Cl. The fourth-order valence-corrected chi connectivity index (χ4v) is 3.99. The highest BCUT2D eigenvalue weighted by atomic mass is 35.5. The van der Waals surface area contributed by atoms with E-state index in [1.165, 1.54) is 12.8 Å². The third-order valence-electron chi connectivity index (χ3n) is 4.23. The van der Waals surface area contributed by atoms with Crippen molar-refractivity contribution in [3.8, 4) is 0 Å². The molecule has 0 bridgehead atoms. The van der Waals surface area contributed by atoms with Crippen LogP contribution in [0.5, 0.6) is 0 Å². The Kier molecular flexibility index (Phi) is 7.55. The third-order valence-corrected chi connectivity index (χ3v) is 5.37. The van der Waals surface area contributed by atoms with Gasteiger partial charge in [-0.2, -0.15) is 11.8 Å². The van der Waals surface area contributed by atoms with Gasteiger partial charge in [-0.25, -0.2) is 0 Å². The summed E-state index contributed by atoms with van der Waals surface area (Å²) in [5.74, 6) is 2.70. The van der Waals surface area contributed by atoms with Crippen LogP contribution in [-0.4, -0.2) is 48.0 Å². The van der Waals surface area contributed by atoms with Crippen molar-refractivity contribution >= 4 is 30.1 Å². The van der Waals surface area contributed by atoms with E-state index in [-0.39, 0.29) is 12.4 Å². The highest BCUT2D eigenvalue weighted by molar-refractivity contribution is 7.99. The third kappa shape index (κ3) is 5.16. The highest BCUT2D eigenvalue weighted by Crippen LogP contribution is 2.25. The molecule has 5 heteroatoms. The number of nitrogens with zero attached hydrogens (tertiary/aromatic N) is 1. The lowest BCUT2D eigenvalue weighted by Gasteiger charge is -2.33. The molecule has 2 aliphatic rings. The predicted molar refractivity (Wildman–Crippen MR) is 85.1 cm³/mol. The standard InChI is InChI=1S/C14H26N2OS.ClH/c1-11(13-4-3-5-15-9-13)8-14(17)16-6-7-18-12(2)10-16;/h11-13,15H,3-10H2,1-2H3;1H. The van der Waals surface area contributed by atoms with Gasteiger partial charge in [0.2, 0.25) is 5.91 Å². The van der Waals surface area contributed by atoms with Gasteiger partial charge in [-0.05, 0) is 37.8 Å². The van der Waals surface area contributed by atoms with Crippen LogP contribution in [0.3, 0.4) is 0 Å². The first-order valence-electron chi connectivity index (χ1n) is 7.27. The molecule has 2 heterocycles. The second kappa shape index (κ2) is 8.38. The average molecular weight is 307 g/mol. The van der Waals surface area contributed by atoms with E-state index in [1.807, 2.05) is 11.8 Å². The zero-order valence-electron chi connectivity index (χ0n) is 12.1. The van der Waals surface area contributed by atoms with Crippen LogP contribution in [0.15, 0.2) is 0 Å². The van der Waals surface area contributed by atoms with Gasteiger partial charge in [-0.15, -0.1) is 12.4 Å². The molecule has 2 rings (SSSR count). The van der Waals surface area contributed by atoms with E-state index in [9.17, 15) is 4.79 Å². The summed E-state index contributed by atoms with van der Waals surface area (Å²) in [5.41, 5.74) is 0. The number of carbonyl (C=O) groups excluding carboxylic acids is 1. The number of thioether (sulfide) groups is 1. The lowest BCUT2D eigenvalue weighted by Crippen LogP contribution is -2.42. The molecule has 3 nitrogen and oxygen atoms in total. The quantitative estimate of drug-likeness (QED) is 0.869. The van der Waals surface area contributed by atoms with Gasteiger partial charge in [-0.1, -0.05) is 13.8 Å². The van der Waals surface area contributed by atoms with Crippen LogP contribution >= 0.6 is 24.2 Å². The van der Waals surface area contributed by atoms with Crippen molar-refractivity contribution in [2.45, 2.75) is 38.4 Å². The zero-order chi connectivity index (χ0) is 13.0. The molecule has 1 N–H and O–H groups in total. The minimum Gasteiger partial charge on any atom is -0.341 e. The molecule has 112 valence electrons. The topological polar surface area (TPSA) is 32.3 Å². The van der Waals surface area contributed by atoms with Gasteiger partial charge in [0.1, 0.15) is 0 Å². The van der Waals surface area contributed by atoms with Gasteiger partial charge in [0, 0.05) is 30.5 Å². The van der Waals surface area contributed by atoms with Gasteiger partial charge >= 0.3 is 0 Å². The molecule has 0 aromatic rings. The number of amides is 1. The van der Waals surface area contributed by atoms with Crippen LogP contribution in [-0.2, 0) is 4.79 Å². The monoisotopic (exact) mass is 306 g/mol. The van der Waals surface area contributed by atoms with Crippen LogP contribution in [0.2, 0.25) is 0 Å². The molecule has 3 unspecified atom stereocenters. The molecule has 1 amide bonds. The van der Waals surface area contributed by atoms with Gasteiger partial charge < -0.3 is 10.2 Å². The van der Waals surface area contributed by atoms with Crippen LogP contribution in [0, 0.1) is 11.8 Å². The smallest absolute Gasteiger partial charge is 0.222 e. The summed E-state index contributed by atoms with van der Waals surface area (Å²) < 4.78 is 0. The van der Waals surface area contributed by atoms with Crippen LogP contribution < -0.4 is 5.32 Å². The van der Waals surface area contributed by atoms with Crippen molar-refractivity contribution in [2.75, 3.05) is 31.9 Å². The molecule has 0 aromatic heterocycles. The largest absolute Gasteiger partial charge is 0.341 e. The summed E-state index contributed by atoms with van der Waals surface area (Å²) in [4.78, 5) is 14.4. The normalized spacial score (nSPS) is 29.5. The van der Waals surface area contributed by atoms with Crippen molar-refractivity contribution in [2.24, 2.45) is 11.8 Å². The first kappa shape index (κ1) is 17.1.